The molecule has 1 unspecified atom stereocenters. The maximum Gasteiger partial charge on any atom is 0.321 e. The molecule has 1 aromatic heterocycles. The van der Waals surface area contributed by atoms with Crippen LogP contribution in [0.1, 0.15) is 51.0 Å². The van der Waals surface area contributed by atoms with E-state index in [1.165, 1.54) is 31.0 Å². The summed E-state index contributed by atoms with van der Waals surface area (Å²) < 4.78 is 1.61. The predicted molar refractivity (Wildman–Crippen MR) is 117 cm³/mol. The number of nitrogens with zero attached hydrogens (tertiary/aromatic N) is 4. The second kappa shape index (κ2) is 7.93. The minimum Gasteiger partial charge on any atom is -0.332 e. The van der Waals surface area contributed by atoms with Gasteiger partial charge in [0.2, 0.25) is 11.1 Å². The molecule has 4 aliphatic rings. The fourth-order valence-corrected chi connectivity index (χ4v) is 6.94. The summed E-state index contributed by atoms with van der Waals surface area (Å²) in [6, 6.07) is 7.45. The highest BCUT2D eigenvalue weighted by Crippen LogP contribution is 2.55. The first kappa shape index (κ1) is 20.5. The topological polar surface area (TPSA) is 102 Å². The second-order valence-electron chi connectivity index (χ2n) is 9.61. The van der Waals surface area contributed by atoms with E-state index >= 15 is 0 Å². The number of carbonyl (C=O) groups is 2. The van der Waals surface area contributed by atoms with Gasteiger partial charge in [-0.2, -0.15) is 4.68 Å². The van der Waals surface area contributed by atoms with E-state index in [4.69, 9.17) is 0 Å². The number of urea groups is 1. The van der Waals surface area contributed by atoms with Crippen molar-refractivity contribution >= 4 is 23.7 Å². The van der Waals surface area contributed by atoms with Crippen LogP contribution in [0.3, 0.4) is 0 Å². The summed E-state index contributed by atoms with van der Waals surface area (Å²) in [5, 5.41) is 17.6. The summed E-state index contributed by atoms with van der Waals surface area (Å²) in [6.45, 7) is 3.76. The van der Waals surface area contributed by atoms with Crippen LogP contribution in [0.15, 0.2) is 29.4 Å². The molecule has 0 saturated heterocycles. The number of benzene rings is 1. The highest BCUT2D eigenvalue weighted by atomic mass is 32.2. The molecule has 4 fully saturated rings. The quantitative estimate of drug-likeness (QED) is 0.692. The third kappa shape index (κ3) is 4.20. The van der Waals surface area contributed by atoms with Crippen LogP contribution in [-0.2, 0) is 4.79 Å². The van der Waals surface area contributed by atoms with Gasteiger partial charge in [0.25, 0.3) is 0 Å². The predicted octanol–water partition coefficient (Wildman–Crippen LogP) is 3.25. The van der Waals surface area contributed by atoms with Crippen molar-refractivity contribution in [1.82, 2.24) is 30.8 Å². The van der Waals surface area contributed by atoms with Crippen LogP contribution < -0.4 is 10.6 Å². The third-order valence-corrected chi connectivity index (χ3v) is 8.03. The molecule has 164 valence electrons. The molecule has 0 aliphatic heterocycles. The lowest BCUT2D eigenvalue weighted by molar-refractivity contribution is -0.119. The Kier molecular flexibility index (Phi) is 5.24. The first-order valence-corrected chi connectivity index (χ1v) is 11.9. The zero-order valence-corrected chi connectivity index (χ0v) is 18.7. The van der Waals surface area contributed by atoms with Crippen molar-refractivity contribution in [3.8, 4) is 5.69 Å². The summed E-state index contributed by atoms with van der Waals surface area (Å²) in [7, 11) is 0. The number of thioether (sulfide) groups is 1. The van der Waals surface area contributed by atoms with Crippen molar-refractivity contribution in [1.29, 1.82) is 0 Å². The lowest BCUT2D eigenvalue weighted by Gasteiger charge is -2.56. The Morgan fingerprint density at radius 1 is 1.16 bits per heavy atom. The number of aromatic nitrogens is 4. The zero-order chi connectivity index (χ0) is 21.6. The first-order chi connectivity index (χ1) is 14.9. The fraction of sp³-hybridized carbons (Fsp3) is 0.591. The zero-order valence-electron chi connectivity index (χ0n) is 17.9. The van der Waals surface area contributed by atoms with Crippen LogP contribution in [-0.4, -0.2) is 42.9 Å². The smallest absolute Gasteiger partial charge is 0.321 e. The Hall–Kier alpha value is -2.42. The summed E-state index contributed by atoms with van der Waals surface area (Å²) in [5.41, 5.74) is 1.81. The Labute approximate surface area is 185 Å². The van der Waals surface area contributed by atoms with Gasteiger partial charge in [0.15, 0.2) is 0 Å². The molecule has 4 saturated carbocycles. The molecule has 1 atom stereocenters. The number of tetrazole rings is 1. The molecule has 2 aromatic rings. The van der Waals surface area contributed by atoms with Gasteiger partial charge in [-0.25, -0.2) is 4.79 Å². The minimum absolute atomic E-state index is 0.120. The van der Waals surface area contributed by atoms with Crippen LogP contribution in [0.2, 0.25) is 0 Å². The molecular formula is C22H28N6O2S. The van der Waals surface area contributed by atoms with E-state index in [0.717, 1.165) is 48.3 Å². The Morgan fingerprint density at radius 2 is 1.84 bits per heavy atom. The van der Waals surface area contributed by atoms with Gasteiger partial charge in [-0.1, -0.05) is 23.9 Å². The summed E-state index contributed by atoms with van der Waals surface area (Å²) in [4.78, 5) is 25.4. The van der Waals surface area contributed by atoms with Gasteiger partial charge >= 0.3 is 6.03 Å². The van der Waals surface area contributed by atoms with Gasteiger partial charge < -0.3 is 5.32 Å². The normalized spacial score (nSPS) is 29.5. The molecule has 31 heavy (non-hydrogen) atoms. The van der Waals surface area contributed by atoms with Gasteiger partial charge in [0.1, 0.15) is 0 Å². The van der Waals surface area contributed by atoms with E-state index in [9.17, 15) is 9.59 Å². The highest BCUT2D eigenvalue weighted by Gasteiger charge is 2.51. The summed E-state index contributed by atoms with van der Waals surface area (Å²) in [6.07, 6.45) is 7.09. The van der Waals surface area contributed by atoms with Crippen molar-refractivity contribution in [2.24, 2.45) is 17.8 Å². The molecular weight excluding hydrogens is 412 g/mol. The van der Waals surface area contributed by atoms with Crippen molar-refractivity contribution < 1.29 is 9.59 Å². The highest BCUT2D eigenvalue weighted by molar-refractivity contribution is 8.00. The second-order valence-corrected chi connectivity index (χ2v) is 10.9. The number of rotatable bonds is 5. The molecule has 4 aliphatic carbocycles. The molecule has 9 heteroatoms. The Balaban J connectivity index is 1.20. The third-order valence-electron chi connectivity index (χ3n) is 6.99. The molecule has 4 bridgehead atoms. The number of nitrogens with one attached hydrogen (secondary N) is 2. The van der Waals surface area contributed by atoms with Crippen LogP contribution in [0.5, 0.6) is 0 Å². The molecule has 1 heterocycles. The monoisotopic (exact) mass is 440 g/mol. The van der Waals surface area contributed by atoms with Gasteiger partial charge in [-0.15, -0.1) is 5.10 Å². The van der Waals surface area contributed by atoms with E-state index in [2.05, 4.69) is 26.2 Å². The van der Waals surface area contributed by atoms with Gasteiger partial charge in [-0.05, 0) is 98.2 Å². The van der Waals surface area contributed by atoms with Crippen molar-refractivity contribution in [3.05, 3.63) is 29.8 Å². The summed E-state index contributed by atoms with van der Waals surface area (Å²) in [5.74, 6) is 1.86. The maximum atomic E-state index is 12.7. The van der Waals surface area contributed by atoms with Crippen LogP contribution in [0, 0.1) is 24.7 Å². The minimum atomic E-state index is -0.517. The molecule has 0 radical (unpaired) electrons. The van der Waals surface area contributed by atoms with Crippen LogP contribution in [0.4, 0.5) is 4.79 Å². The van der Waals surface area contributed by atoms with E-state index in [1.807, 2.05) is 31.2 Å². The number of hydrogen-bond acceptors (Lipinski definition) is 6. The van der Waals surface area contributed by atoms with Crippen LogP contribution in [0.25, 0.3) is 5.69 Å². The molecule has 6 rings (SSSR count). The first-order valence-electron chi connectivity index (χ1n) is 11.0. The average Bonchev–Trinajstić information content (AvgIpc) is 3.14. The van der Waals surface area contributed by atoms with Crippen molar-refractivity contribution in [2.45, 2.75) is 68.3 Å². The SMILES string of the molecule is Cc1cccc(-n2nnnc2SC(C)C(=O)NC(=O)NC23CC4CC(CC(C4)C2)C3)c1. The molecule has 2 N–H and O–H groups in total. The lowest BCUT2D eigenvalue weighted by Crippen LogP contribution is -2.62. The number of amides is 3. The van der Waals surface area contributed by atoms with E-state index < -0.39 is 5.25 Å². The standard InChI is InChI=1S/C22H28N6O2S/c1-13-4-3-5-18(6-13)28-21(25-26-27-28)31-14(2)19(29)23-20(30)24-22-10-15-7-16(11-22)9-17(8-15)12-22/h3-6,14-17H,7-12H2,1-2H3,(H2,23,24,29,30). The lowest BCUT2D eigenvalue weighted by atomic mass is 9.53. The molecule has 0 spiro atoms. The average molecular weight is 441 g/mol. The molecule has 3 amide bonds. The number of hydrogen-bond donors (Lipinski definition) is 2. The molecule has 8 nitrogen and oxygen atoms in total. The van der Waals surface area contributed by atoms with Crippen LogP contribution >= 0.6 is 11.8 Å². The van der Waals surface area contributed by atoms with Gasteiger partial charge in [0.05, 0.1) is 10.9 Å². The fourth-order valence-electron chi connectivity index (χ4n) is 6.14. The van der Waals surface area contributed by atoms with Gasteiger partial charge in [0, 0.05) is 5.54 Å². The largest absolute Gasteiger partial charge is 0.332 e. The van der Waals surface area contributed by atoms with E-state index in [0.29, 0.717) is 5.16 Å². The summed E-state index contributed by atoms with van der Waals surface area (Å²) >= 11 is 1.23. The number of aryl methyl sites for hydroxylation is 1. The van der Waals surface area contributed by atoms with Crippen molar-refractivity contribution in [3.63, 3.8) is 0 Å². The van der Waals surface area contributed by atoms with E-state index in [1.54, 1.807) is 11.6 Å². The molecule has 1 aromatic carbocycles. The number of carbonyl (C=O) groups excluding carboxylic acids is 2. The Bertz CT molecular complexity index is 970. The van der Waals surface area contributed by atoms with Gasteiger partial charge in [-0.3, -0.25) is 10.1 Å². The van der Waals surface area contributed by atoms with Crippen molar-refractivity contribution in [2.75, 3.05) is 0 Å². The van der Waals surface area contributed by atoms with E-state index in [-0.39, 0.29) is 17.5 Å². The Morgan fingerprint density at radius 3 is 2.48 bits per heavy atom. The number of imide groups is 1. The maximum absolute atomic E-state index is 12.7.